The second-order valence-corrected chi connectivity index (χ2v) is 6.45. The van der Waals surface area contributed by atoms with Gasteiger partial charge in [0.15, 0.2) is 0 Å². The van der Waals surface area contributed by atoms with E-state index in [9.17, 15) is 5.11 Å². The first-order valence-electron chi connectivity index (χ1n) is 8.03. The zero-order valence-electron chi connectivity index (χ0n) is 13.0. The second kappa shape index (κ2) is 4.83. The van der Waals surface area contributed by atoms with Gasteiger partial charge in [0.1, 0.15) is 5.60 Å². The summed E-state index contributed by atoms with van der Waals surface area (Å²) in [5.41, 5.74) is 4.45. The molecule has 1 unspecified atom stereocenters. The van der Waals surface area contributed by atoms with Crippen molar-refractivity contribution in [2.75, 3.05) is 19.6 Å². The maximum atomic E-state index is 11.3. The van der Waals surface area contributed by atoms with E-state index in [1.807, 2.05) is 13.0 Å². The van der Waals surface area contributed by atoms with Crippen LogP contribution >= 0.6 is 0 Å². The molecule has 2 bridgehead atoms. The molecule has 2 aromatic rings. The molecule has 0 spiro atoms. The predicted molar refractivity (Wildman–Crippen MR) is 90.8 cm³/mol. The Labute approximate surface area is 130 Å². The zero-order chi connectivity index (χ0) is 15.3. The number of hydrogen-bond donors (Lipinski definition) is 2. The van der Waals surface area contributed by atoms with E-state index in [0.29, 0.717) is 0 Å². The molecule has 0 amide bonds. The largest absolute Gasteiger partial charge is 0.381 e. The van der Waals surface area contributed by atoms with Gasteiger partial charge in [-0.15, -0.1) is 0 Å². The van der Waals surface area contributed by atoms with Crippen LogP contribution in [0.25, 0.3) is 16.5 Å². The number of nitrogens with one attached hydrogen (secondary N) is 1. The number of benzene rings is 1. The Morgan fingerprint density at radius 3 is 2.95 bits per heavy atom. The Kier molecular flexibility index (Phi) is 3.03. The van der Waals surface area contributed by atoms with Gasteiger partial charge in [-0.3, -0.25) is 4.90 Å². The van der Waals surface area contributed by atoms with Gasteiger partial charge in [0.2, 0.25) is 0 Å². The van der Waals surface area contributed by atoms with Crippen LogP contribution in [0.1, 0.15) is 24.6 Å². The minimum absolute atomic E-state index is 0.723. The number of hydrogen-bond acceptors (Lipinski definition) is 2. The summed E-state index contributed by atoms with van der Waals surface area (Å²) < 4.78 is 0. The summed E-state index contributed by atoms with van der Waals surface area (Å²) in [4.78, 5) is 5.95. The highest BCUT2D eigenvalue weighted by Crippen LogP contribution is 2.42. The fourth-order valence-corrected chi connectivity index (χ4v) is 3.99. The molecular weight excluding hydrogens is 272 g/mol. The van der Waals surface area contributed by atoms with Gasteiger partial charge < -0.3 is 10.1 Å². The number of H-pyrrole nitrogens is 1. The van der Waals surface area contributed by atoms with Crippen molar-refractivity contribution in [1.82, 2.24) is 9.88 Å². The van der Waals surface area contributed by atoms with E-state index in [4.69, 9.17) is 0 Å². The summed E-state index contributed by atoms with van der Waals surface area (Å²) in [6.45, 7) is 9.11. The number of allylic oxidation sites excluding steroid dienone is 1. The molecule has 0 saturated carbocycles. The van der Waals surface area contributed by atoms with Crippen LogP contribution in [0, 0.1) is 0 Å². The summed E-state index contributed by atoms with van der Waals surface area (Å²) in [6.07, 6.45) is 3.77. The third-order valence-corrected chi connectivity index (χ3v) is 5.36. The molecule has 2 N–H and O–H groups in total. The highest BCUT2D eigenvalue weighted by Gasteiger charge is 2.41. The third-order valence-electron chi connectivity index (χ3n) is 5.36. The lowest BCUT2D eigenvalue weighted by Crippen LogP contribution is -2.46. The van der Waals surface area contributed by atoms with E-state index >= 15 is 0 Å². The third kappa shape index (κ3) is 1.82. The van der Waals surface area contributed by atoms with E-state index in [1.54, 1.807) is 0 Å². The highest BCUT2D eigenvalue weighted by molar-refractivity contribution is 5.91. The van der Waals surface area contributed by atoms with Crippen LogP contribution in [0.2, 0.25) is 0 Å². The molecule has 0 aliphatic carbocycles. The minimum Gasteiger partial charge on any atom is -0.381 e. The normalized spacial score (nSPS) is 30.2. The van der Waals surface area contributed by atoms with Crippen molar-refractivity contribution < 1.29 is 5.11 Å². The lowest BCUT2D eigenvalue weighted by atomic mass is 9.79. The van der Waals surface area contributed by atoms with Gasteiger partial charge in [0, 0.05) is 41.8 Å². The average molecular weight is 294 g/mol. The highest BCUT2D eigenvalue weighted by atomic mass is 16.3. The number of para-hydroxylation sites is 1. The number of rotatable bonds is 0. The predicted octanol–water partition coefficient (Wildman–Crippen LogP) is 3.12. The maximum absolute atomic E-state index is 11.3. The van der Waals surface area contributed by atoms with Crippen LogP contribution in [0.5, 0.6) is 0 Å². The number of nitrogens with zero attached hydrogens (tertiary/aromatic N) is 1. The van der Waals surface area contributed by atoms with Crippen LogP contribution in [0.4, 0.5) is 0 Å². The molecule has 1 saturated heterocycles. The molecule has 3 aliphatic rings. The van der Waals surface area contributed by atoms with Crippen molar-refractivity contribution in [2.24, 2.45) is 0 Å². The molecule has 1 fully saturated rings. The Bertz CT molecular complexity index is 786. The summed E-state index contributed by atoms with van der Waals surface area (Å²) in [5, 5.41) is 12.6. The van der Waals surface area contributed by atoms with Crippen LogP contribution < -0.4 is 0 Å². The van der Waals surface area contributed by atoms with Crippen LogP contribution in [-0.2, 0) is 6.42 Å². The summed E-state index contributed by atoms with van der Waals surface area (Å²) >= 11 is 0. The standard InChI is InChI=1S/C19H22N2O/c1-3-14-12-21-10-8-16-15-6-4-5-7-17(15)20-18(16)13(2)19(14,22)9-11-21/h3-7,20,22H,2,8-12H2,1H3/b14-3-/t19-/m0/s1. The van der Waals surface area contributed by atoms with Crippen molar-refractivity contribution in [3.63, 3.8) is 0 Å². The van der Waals surface area contributed by atoms with E-state index in [2.05, 4.69) is 40.7 Å². The molecule has 22 heavy (non-hydrogen) atoms. The van der Waals surface area contributed by atoms with Gasteiger partial charge in [-0.25, -0.2) is 0 Å². The van der Waals surface area contributed by atoms with Crippen molar-refractivity contribution in [2.45, 2.75) is 25.4 Å². The number of aliphatic hydroxyl groups is 1. The van der Waals surface area contributed by atoms with E-state index < -0.39 is 5.60 Å². The quantitative estimate of drug-likeness (QED) is 0.733. The Morgan fingerprint density at radius 1 is 1.32 bits per heavy atom. The Balaban J connectivity index is 1.96. The van der Waals surface area contributed by atoms with Gasteiger partial charge in [-0.05, 0) is 37.0 Å². The van der Waals surface area contributed by atoms with Crippen LogP contribution in [0.15, 0.2) is 42.5 Å². The fraction of sp³-hybridized carbons (Fsp3) is 0.368. The molecule has 2 atom stereocenters. The number of fused-ring (bicyclic) bond motifs is 4. The number of aromatic amines is 1. The summed E-state index contributed by atoms with van der Waals surface area (Å²) in [6, 6.07) is 8.38. The fourth-order valence-electron chi connectivity index (χ4n) is 3.99. The van der Waals surface area contributed by atoms with Crippen molar-refractivity contribution in [3.05, 3.63) is 53.8 Å². The Hall–Kier alpha value is -1.84. The summed E-state index contributed by atoms with van der Waals surface area (Å²) in [5.74, 6) is 0. The number of aromatic nitrogens is 1. The zero-order valence-corrected chi connectivity index (χ0v) is 13.0. The average Bonchev–Trinajstić information content (AvgIpc) is 2.93. The maximum Gasteiger partial charge on any atom is 0.114 e. The van der Waals surface area contributed by atoms with Gasteiger partial charge in [-0.1, -0.05) is 30.9 Å². The molecule has 3 heteroatoms. The molecule has 1 aromatic heterocycles. The SMILES string of the molecule is C=C1c2[nH]c3ccccc3c2CCN2CC[C@@]1(O)/C(=C\C)C2. The monoisotopic (exact) mass is 294 g/mol. The molecule has 3 aliphatic heterocycles. The first-order chi connectivity index (χ1) is 10.6. The van der Waals surface area contributed by atoms with Crippen molar-refractivity contribution in [1.29, 1.82) is 0 Å². The van der Waals surface area contributed by atoms with E-state index in [1.165, 1.54) is 10.9 Å². The molecule has 3 nitrogen and oxygen atoms in total. The lowest BCUT2D eigenvalue weighted by molar-refractivity contribution is 0.0788. The Morgan fingerprint density at radius 2 is 2.14 bits per heavy atom. The minimum atomic E-state index is -0.911. The second-order valence-electron chi connectivity index (χ2n) is 6.45. The van der Waals surface area contributed by atoms with Crippen molar-refractivity contribution in [3.8, 4) is 0 Å². The molecular formula is C19H22N2O. The van der Waals surface area contributed by atoms with E-state index in [0.717, 1.165) is 54.8 Å². The van der Waals surface area contributed by atoms with Crippen LogP contribution in [0.3, 0.4) is 0 Å². The van der Waals surface area contributed by atoms with Gasteiger partial charge >= 0.3 is 0 Å². The van der Waals surface area contributed by atoms with Gasteiger partial charge in [0.25, 0.3) is 0 Å². The first-order valence-corrected chi connectivity index (χ1v) is 8.03. The molecule has 0 radical (unpaired) electrons. The topological polar surface area (TPSA) is 39.3 Å². The molecule has 4 heterocycles. The van der Waals surface area contributed by atoms with Gasteiger partial charge in [-0.2, -0.15) is 0 Å². The van der Waals surface area contributed by atoms with E-state index in [-0.39, 0.29) is 0 Å². The lowest BCUT2D eigenvalue weighted by Gasteiger charge is -2.40. The molecule has 5 rings (SSSR count). The van der Waals surface area contributed by atoms with Gasteiger partial charge in [0.05, 0.1) is 0 Å². The number of piperidine rings is 1. The smallest absolute Gasteiger partial charge is 0.114 e. The summed E-state index contributed by atoms with van der Waals surface area (Å²) in [7, 11) is 0. The first kappa shape index (κ1) is 13.8. The van der Waals surface area contributed by atoms with Crippen LogP contribution in [-0.4, -0.2) is 40.2 Å². The molecule has 1 aromatic carbocycles. The van der Waals surface area contributed by atoms with Crippen molar-refractivity contribution >= 4 is 16.5 Å². The molecule has 114 valence electrons.